The molecule has 7 heteroatoms. The van der Waals surface area contributed by atoms with Crippen LogP contribution in [0, 0.1) is 10.1 Å². The molecule has 0 spiro atoms. The van der Waals surface area contributed by atoms with Crippen LogP contribution in [0.4, 0.5) is 11.4 Å². The Kier molecular flexibility index (Phi) is 2.72. The van der Waals surface area contributed by atoms with Gasteiger partial charge in [0.2, 0.25) is 0 Å². The molecule has 0 saturated heterocycles. The molecule has 0 aromatic heterocycles. The number of fused-ring (bicyclic) bond motifs is 1. The van der Waals surface area contributed by atoms with Gasteiger partial charge >= 0.3 is 0 Å². The second-order valence-corrected chi connectivity index (χ2v) is 6.23. The van der Waals surface area contributed by atoms with Crippen molar-refractivity contribution in [3.05, 3.63) is 64.2 Å². The normalized spacial score (nSPS) is 15.9. The first-order valence-electron chi connectivity index (χ1n) is 5.85. The van der Waals surface area contributed by atoms with Crippen LogP contribution >= 0.6 is 0 Å². The van der Waals surface area contributed by atoms with Gasteiger partial charge < -0.3 is 0 Å². The number of para-hydroxylation sites is 1. The highest BCUT2D eigenvalue weighted by molar-refractivity contribution is 7.93. The highest BCUT2D eigenvalue weighted by Crippen LogP contribution is 2.36. The molecular formula is C13H10N2O4S. The van der Waals surface area contributed by atoms with Gasteiger partial charge in [0.25, 0.3) is 15.7 Å². The van der Waals surface area contributed by atoms with Crippen molar-refractivity contribution in [2.24, 2.45) is 0 Å². The van der Waals surface area contributed by atoms with E-state index in [-0.39, 0.29) is 17.1 Å². The van der Waals surface area contributed by atoms with E-state index in [1.54, 1.807) is 30.3 Å². The zero-order valence-corrected chi connectivity index (χ0v) is 11.1. The monoisotopic (exact) mass is 290 g/mol. The lowest BCUT2D eigenvalue weighted by atomic mass is 10.2. The average Bonchev–Trinajstić information content (AvgIpc) is 2.71. The molecule has 0 unspecified atom stereocenters. The Labute approximate surface area is 115 Å². The van der Waals surface area contributed by atoms with Crippen LogP contribution in [0.25, 0.3) is 0 Å². The Hall–Kier alpha value is -2.41. The van der Waals surface area contributed by atoms with E-state index in [1.807, 2.05) is 0 Å². The summed E-state index contributed by atoms with van der Waals surface area (Å²) in [7, 11) is -3.73. The maximum Gasteiger partial charge on any atom is 0.270 e. The Balaban J connectivity index is 2.12. The summed E-state index contributed by atoms with van der Waals surface area (Å²) >= 11 is 0. The number of hydrogen-bond acceptors (Lipinski definition) is 4. The zero-order valence-electron chi connectivity index (χ0n) is 10.3. The molecule has 1 aliphatic rings. The van der Waals surface area contributed by atoms with Gasteiger partial charge in [-0.25, -0.2) is 8.42 Å². The van der Waals surface area contributed by atoms with Crippen molar-refractivity contribution in [2.75, 3.05) is 4.31 Å². The van der Waals surface area contributed by atoms with Crippen LogP contribution in [-0.4, -0.2) is 13.3 Å². The summed E-state index contributed by atoms with van der Waals surface area (Å²) in [6.45, 7) is 0.194. The van der Waals surface area contributed by atoms with Crippen molar-refractivity contribution in [3.63, 3.8) is 0 Å². The molecule has 3 rings (SSSR count). The number of sulfonamides is 1. The van der Waals surface area contributed by atoms with E-state index in [4.69, 9.17) is 0 Å². The van der Waals surface area contributed by atoms with E-state index in [1.165, 1.54) is 16.4 Å². The molecule has 2 aromatic carbocycles. The predicted octanol–water partition coefficient (Wildman–Crippen LogP) is 2.30. The van der Waals surface area contributed by atoms with Gasteiger partial charge in [0, 0.05) is 12.1 Å². The van der Waals surface area contributed by atoms with Crippen molar-refractivity contribution in [3.8, 4) is 0 Å². The highest BCUT2D eigenvalue weighted by Gasteiger charge is 2.36. The molecule has 0 N–H and O–H groups in total. The van der Waals surface area contributed by atoms with Crippen LogP contribution in [-0.2, 0) is 16.6 Å². The van der Waals surface area contributed by atoms with Crippen molar-refractivity contribution in [1.29, 1.82) is 0 Å². The van der Waals surface area contributed by atoms with Crippen LogP contribution in [0.2, 0.25) is 0 Å². The fraction of sp³-hybridized carbons (Fsp3) is 0.0769. The largest absolute Gasteiger partial charge is 0.270 e. The number of non-ortho nitro benzene ring substituents is 1. The SMILES string of the molecule is O=[N+]([O-])c1ccc2c(c1)S(=O)(=O)N(c1ccccc1)C2. The molecule has 20 heavy (non-hydrogen) atoms. The standard InChI is InChI=1S/C13H10N2O4S/c16-15(17)12-7-6-10-9-14(11-4-2-1-3-5-11)20(18,19)13(10)8-12/h1-8H,9H2. The summed E-state index contributed by atoms with van der Waals surface area (Å²) < 4.78 is 26.2. The number of benzene rings is 2. The van der Waals surface area contributed by atoms with E-state index in [9.17, 15) is 18.5 Å². The van der Waals surface area contributed by atoms with Gasteiger partial charge in [-0.2, -0.15) is 0 Å². The lowest BCUT2D eigenvalue weighted by molar-refractivity contribution is -0.385. The summed E-state index contributed by atoms with van der Waals surface area (Å²) in [6, 6.07) is 12.6. The molecule has 6 nitrogen and oxygen atoms in total. The van der Waals surface area contributed by atoms with E-state index in [2.05, 4.69) is 0 Å². The molecule has 1 heterocycles. The maximum absolute atomic E-state index is 12.5. The van der Waals surface area contributed by atoms with E-state index < -0.39 is 14.9 Å². The molecule has 0 atom stereocenters. The Morgan fingerprint density at radius 3 is 2.45 bits per heavy atom. The van der Waals surface area contributed by atoms with Crippen LogP contribution in [0.3, 0.4) is 0 Å². The molecule has 102 valence electrons. The van der Waals surface area contributed by atoms with Crippen molar-refractivity contribution in [1.82, 2.24) is 0 Å². The summed E-state index contributed by atoms with van der Waals surface area (Å²) in [5, 5.41) is 10.8. The molecule has 2 aromatic rings. The van der Waals surface area contributed by atoms with Crippen LogP contribution in [0.15, 0.2) is 53.4 Å². The van der Waals surface area contributed by atoms with Gasteiger partial charge in [0.05, 0.1) is 22.1 Å². The molecule has 0 radical (unpaired) electrons. The lowest BCUT2D eigenvalue weighted by Gasteiger charge is -2.16. The van der Waals surface area contributed by atoms with Gasteiger partial charge in [-0.1, -0.05) is 18.2 Å². The first-order chi connectivity index (χ1) is 9.50. The Morgan fingerprint density at radius 2 is 1.80 bits per heavy atom. The zero-order chi connectivity index (χ0) is 14.3. The van der Waals surface area contributed by atoms with Crippen molar-refractivity contribution >= 4 is 21.4 Å². The topological polar surface area (TPSA) is 80.5 Å². The van der Waals surface area contributed by atoms with Crippen LogP contribution in [0.5, 0.6) is 0 Å². The predicted molar refractivity (Wildman–Crippen MR) is 72.9 cm³/mol. The molecule has 1 aliphatic heterocycles. The number of hydrogen-bond donors (Lipinski definition) is 0. The van der Waals surface area contributed by atoms with Gasteiger partial charge in [0.1, 0.15) is 0 Å². The fourth-order valence-electron chi connectivity index (χ4n) is 2.21. The number of nitro groups is 1. The molecule has 0 fully saturated rings. The number of rotatable bonds is 2. The van der Waals surface area contributed by atoms with Gasteiger partial charge in [-0.05, 0) is 23.8 Å². The summed E-state index contributed by atoms with van der Waals surface area (Å²) in [5.74, 6) is 0. The van der Waals surface area contributed by atoms with Crippen molar-refractivity contribution < 1.29 is 13.3 Å². The van der Waals surface area contributed by atoms with Gasteiger partial charge in [-0.15, -0.1) is 0 Å². The van der Waals surface area contributed by atoms with Crippen molar-refractivity contribution in [2.45, 2.75) is 11.4 Å². The fourth-order valence-corrected chi connectivity index (χ4v) is 3.89. The number of anilines is 1. The molecule has 0 amide bonds. The van der Waals surface area contributed by atoms with E-state index >= 15 is 0 Å². The summed E-state index contributed by atoms with van der Waals surface area (Å²) in [6.07, 6.45) is 0. The second-order valence-electron chi connectivity index (χ2n) is 4.40. The minimum Gasteiger partial charge on any atom is -0.262 e. The smallest absolute Gasteiger partial charge is 0.262 e. The van der Waals surface area contributed by atoms with E-state index in [0.717, 1.165) is 6.07 Å². The molecule has 0 bridgehead atoms. The third-order valence-corrected chi connectivity index (χ3v) is 5.04. The first kappa shape index (κ1) is 12.6. The molecule has 0 aliphatic carbocycles. The van der Waals surface area contributed by atoms with Crippen LogP contribution < -0.4 is 4.31 Å². The quantitative estimate of drug-likeness (QED) is 0.628. The molecular weight excluding hydrogens is 280 g/mol. The number of nitrogens with zero attached hydrogens (tertiary/aromatic N) is 2. The van der Waals surface area contributed by atoms with Gasteiger partial charge in [-0.3, -0.25) is 14.4 Å². The highest BCUT2D eigenvalue weighted by atomic mass is 32.2. The van der Waals surface area contributed by atoms with Crippen LogP contribution in [0.1, 0.15) is 5.56 Å². The van der Waals surface area contributed by atoms with Gasteiger partial charge in [0.15, 0.2) is 0 Å². The third kappa shape index (κ3) is 1.83. The van der Waals surface area contributed by atoms with E-state index in [0.29, 0.717) is 11.3 Å². The third-order valence-electron chi connectivity index (χ3n) is 3.19. The Morgan fingerprint density at radius 1 is 1.10 bits per heavy atom. The summed E-state index contributed by atoms with van der Waals surface area (Å²) in [5.41, 5.74) is 0.896. The minimum absolute atomic E-state index is 0.00977. The maximum atomic E-state index is 12.5. The summed E-state index contributed by atoms with van der Waals surface area (Å²) in [4.78, 5) is 10.2. The first-order valence-corrected chi connectivity index (χ1v) is 7.29. The second kappa shape index (κ2) is 4.31. The Bertz CT molecular complexity index is 787. The number of nitro benzene ring substituents is 1. The minimum atomic E-state index is -3.73. The lowest BCUT2D eigenvalue weighted by Crippen LogP contribution is -2.23. The molecule has 0 saturated carbocycles. The average molecular weight is 290 g/mol.